The first-order valence-corrected chi connectivity index (χ1v) is 7.72. The van der Waals surface area contributed by atoms with Crippen molar-refractivity contribution in [2.45, 2.75) is 20.4 Å². The lowest BCUT2D eigenvalue weighted by molar-refractivity contribution is 0.0949. The summed E-state index contributed by atoms with van der Waals surface area (Å²) in [5.41, 5.74) is 3.10. The number of pyridine rings is 1. The third-order valence-electron chi connectivity index (χ3n) is 3.31. The van der Waals surface area contributed by atoms with Gasteiger partial charge in [-0.3, -0.25) is 9.78 Å². The van der Waals surface area contributed by atoms with Crippen molar-refractivity contribution in [3.8, 4) is 10.4 Å². The molecule has 5 nitrogen and oxygen atoms in total. The Hall–Kier alpha value is -2.47. The number of carbonyl (C=O) groups is 1. The highest BCUT2D eigenvalue weighted by Gasteiger charge is 2.17. The third kappa shape index (κ3) is 2.92. The first-order chi connectivity index (χ1) is 10.6. The van der Waals surface area contributed by atoms with Gasteiger partial charge in [-0.15, -0.1) is 11.3 Å². The molecule has 3 aromatic rings. The summed E-state index contributed by atoms with van der Waals surface area (Å²) in [5.74, 6) is 0.346. The van der Waals surface area contributed by atoms with Gasteiger partial charge in [0.05, 0.1) is 5.69 Å². The van der Waals surface area contributed by atoms with E-state index >= 15 is 0 Å². The fourth-order valence-electron chi connectivity index (χ4n) is 2.24. The van der Waals surface area contributed by atoms with E-state index < -0.39 is 0 Å². The Morgan fingerprint density at radius 1 is 1.36 bits per heavy atom. The maximum absolute atomic E-state index is 12.2. The molecule has 0 aliphatic carbocycles. The summed E-state index contributed by atoms with van der Waals surface area (Å²) in [4.78, 5) is 17.6. The summed E-state index contributed by atoms with van der Waals surface area (Å²) in [6, 6.07) is 6.09. The predicted molar refractivity (Wildman–Crippen MR) is 84.7 cm³/mol. The Morgan fingerprint density at radius 2 is 2.23 bits per heavy atom. The number of hydrogen-bond acceptors (Lipinski definition) is 5. The van der Waals surface area contributed by atoms with E-state index in [9.17, 15) is 4.79 Å². The zero-order valence-electron chi connectivity index (χ0n) is 12.3. The molecule has 3 aromatic heterocycles. The van der Waals surface area contributed by atoms with Crippen LogP contribution in [0.4, 0.5) is 0 Å². The Balaban J connectivity index is 1.72. The van der Waals surface area contributed by atoms with Crippen LogP contribution in [0.3, 0.4) is 0 Å². The van der Waals surface area contributed by atoms with Crippen LogP contribution >= 0.6 is 11.3 Å². The van der Waals surface area contributed by atoms with Gasteiger partial charge in [-0.2, -0.15) is 0 Å². The minimum atomic E-state index is -0.183. The van der Waals surface area contributed by atoms with Gasteiger partial charge >= 0.3 is 0 Å². The number of carbonyl (C=O) groups excluding carboxylic acids is 1. The van der Waals surface area contributed by atoms with Crippen LogP contribution < -0.4 is 5.32 Å². The number of thiophene rings is 1. The van der Waals surface area contributed by atoms with Crippen molar-refractivity contribution in [1.82, 2.24) is 15.5 Å². The fourth-order valence-corrected chi connectivity index (χ4v) is 2.95. The topological polar surface area (TPSA) is 68.0 Å². The summed E-state index contributed by atoms with van der Waals surface area (Å²) in [6.07, 6.45) is 3.58. The third-order valence-corrected chi connectivity index (χ3v) is 4.23. The van der Waals surface area contributed by atoms with Gasteiger partial charge in [-0.05, 0) is 36.9 Å². The van der Waals surface area contributed by atoms with Gasteiger partial charge in [-0.25, -0.2) is 0 Å². The zero-order valence-corrected chi connectivity index (χ0v) is 13.1. The highest BCUT2D eigenvalue weighted by molar-refractivity contribution is 7.13. The number of nitrogens with one attached hydrogen (secondary N) is 1. The van der Waals surface area contributed by atoms with Gasteiger partial charge in [0.1, 0.15) is 11.3 Å². The molecule has 0 bridgehead atoms. The van der Waals surface area contributed by atoms with Crippen LogP contribution in [0.25, 0.3) is 10.4 Å². The van der Waals surface area contributed by atoms with E-state index in [0.29, 0.717) is 23.6 Å². The van der Waals surface area contributed by atoms with Crippen LogP contribution in [0, 0.1) is 13.8 Å². The maximum atomic E-state index is 12.2. The van der Waals surface area contributed by atoms with Crippen LogP contribution in [-0.2, 0) is 6.54 Å². The summed E-state index contributed by atoms with van der Waals surface area (Å²) in [5, 5.41) is 8.70. The van der Waals surface area contributed by atoms with E-state index in [2.05, 4.69) is 15.5 Å². The SMILES string of the molecule is Cc1noc(C)c1C(=O)NCc1cncc(-c2cccs2)c1. The Morgan fingerprint density at radius 3 is 2.91 bits per heavy atom. The van der Waals surface area contributed by atoms with Crippen LogP contribution in [0.5, 0.6) is 0 Å². The number of aromatic nitrogens is 2. The smallest absolute Gasteiger partial charge is 0.257 e. The van der Waals surface area contributed by atoms with E-state index in [4.69, 9.17) is 4.52 Å². The van der Waals surface area contributed by atoms with Crippen LogP contribution in [0.15, 0.2) is 40.5 Å². The molecule has 0 atom stereocenters. The second kappa shape index (κ2) is 6.11. The summed E-state index contributed by atoms with van der Waals surface area (Å²) >= 11 is 1.66. The molecular formula is C16H15N3O2S. The first kappa shape index (κ1) is 14.5. The molecule has 3 heterocycles. The van der Waals surface area contributed by atoms with Gasteiger partial charge in [0.2, 0.25) is 0 Å². The lowest BCUT2D eigenvalue weighted by atomic mass is 10.1. The molecule has 22 heavy (non-hydrogen) atoms. The van der Waals surface area contributed by atoms with E-state index in [1.54, 1.807) is 31.4 Å². The van der Waals surface area contributed by atoms with Gasteiger partial charge in [0, 0.05) is 29.4 Å². The first-order valence-electron chi connectivity index (χ1n) is 6.84. The standard InChI is InChI=1S/C16H15N3O2S/c1-10-15(11(2)21-19-10)16(20)18-8-12-6-13(9-17-7-12)14-4-3-5-22-14/h3-7,9H,8H2,1-2H3,(H,18,20). The Bertz CT molecular complexity index is 774. The summed E-state index contributed by atoms with van der Waals surface area (Å²) in [7, 11) is 0. The molecule has 0 spiro atoms. The van der Waals surface area contributed by atoms with Crippen LogP contribution in [-0.4, -0.2) is 16.0 Å². The fraction of sp³-hybridized carbons (Fsp3) is 0.188. The van der Waals surface area contributed by atoms with Crippen molar-refractivity contribution in [3.63, 3.8) is 0 Å². The zero-order chi connectivity index (χ0) is 15.5. The summed E-state index contributed by atoms with van der Waals surface area (Å²) in [6.45, 7) is 3.90. The van der Waals surface area contributed by atoms with E-state index in [1.165, 1.54) is 0 Å². The van der Waals surface area contributed by atoms with E-state index in [-0.39, 0.29) is 5.91 Å². The Labute approximate surface area is 132 Å². The lowest BCUT2D eigenvalue weighted by Crippen LogP contribution is -2.23. The molecule has 1 amide bonds. The molecule has 0 unspecified atom stereocenters. The number of aryl methyl sites for hydroxylation is 2. The highest BCUT2D eigenvalue weighted by Crippen LogP contribution is 2.24. The van der Waals surface area contributed by atoms with Gasteiger partial charge in [-0.1, -0.05) is 11.2 Å². The molecule has 112 valence electrons. The lowest BCUT2D eigenvalue weighted by Gasteiger charge is -2.06. The molecule has 0 fully saturated rings. The molecule has 1 N–H and O–H groups in total. The molecule has 3 rings (SSSR count). The molecule has 6 heteroatoms. The van der Waals surface area contributed by atoms with E-state index in [0.717, 1.165) is 16.0 Å². The second-order valence-corrected chi connectivity index (χ2v) is 5.89. The number of nitrogens with zero attached hydrogens (tertiary/aromatic N) is 2. The predicted octanol–water partition coefficient (Wildman–Crippen LogP) is 3.34. The average molecular weight is 313 g/mol. The number of rotatable bonds is 4. The van der Waals surface area contributed by atoms with E-state index in [1.807, 2.05) is 29.8 Å². The number of amides is 1. The second-order valence-electron chi connectivity index (χ2n) is 4.94. The molecule has 0 saturated carbocycles. The minimum absolute atomic E-state index is 0.183. The van der Waals surface area contributed by atoms with Crippen LogP contribution in [0.1, 0.15) is 27.4 Å². The van der Waals surface area contributed by atoms with Crippen molar-refractivity contribution in [2.75, 3.05) is 0 Å². The monoisotopic (exact) mass is 313 g/mol. The minimum Gasteiger partial charge on any atom is -0.361 e. The molecule has 0 saturated heterocycles. The van der Waals surface area contributed by atoms with Crippen molar-refractivity contribution >= 4 is 17.2 Å². The van der Waals surface area contributed by atoms with Crippen LogP contribution in [0.2, 0.25) is 0 Å². The maximum Gasteiger partial charge on any atom is 0.257 e. The molecule has 0 aliphatic heterocycles. The van der Waals surface area contributed by atoms with Gasteiger partial charge in [0.15, 0.2) is 0 Å². The average Bonchev–Trinajstić information content (AvgIpc) is 3.16. The molecule has 0 aliphatic rings. The molecular weight excluding hydrogens is 298 g/mol. The van der Waals surface area contributed by atoms with Gasteiger partial charge < -0.3 is 9.84 Å². The van der Waals surface area contributed by atoms with Crippen molar-refractivity contribution in [2.24, 2.45) is 0 Å². The van der Waals surface area contributed by atoms with Crippen molar-refractivity contribution in [1.29, 1.82) is 0 Å². The quantitative estimate of drug-likeness (QED) is 0.802. The molecule has 0 aromatic carbocycles. The summed E-state index contributed by atoms with van der Waals surface area (Å²) < 4.78 is 5.01. The number of hydrogen-bond donors (Lipinski definition) is 1. The van der Waals surface area contributed by atoms with Gasteiger partial charge in [0.25, 0.3) is 5.91 Å². The van der Waals surface area contributed by atoms with Crippen molar-refractivity contribution in [3.05, 3.63) is 58.6 Å². The normalized spacial score (nSPS) is 10.6. The molecule has 0 radical (unpaired) electrons. The highest BCUT2D eigenvalue weighted by atomic mass is 32.1. The largest absolute Gasteiger partial charge is 0.361 e. The van der Waals surface area contributed by atoms with Crippen molar-refractivity contribution < 1.29 is 9.32 Å². The Kier molecular flexibility index (Phi) is 4.02.